The fourth-order valence-electron chi connectivity index (χ4n) is 2.02. The first-order valence-electron chi connectivity index (χ1n) is 5.75. The second kappa shape index (κ2) is 5.36. The number of ether oxygens (including phenoxy) is 1. The highest BCUT2D eigenvalue weighted by atomic mass is 16.5. The molecule has 4 nitrogen and oxygen atoms in total. The molecule has 1 aliphatic heterocycles. The van der Waals surface area contributed by atoms with Crippen molar-refractivity contribution < 1.29 is 4.74 Å². The number of pyridine rings is 1. The first-order valence-corrected chi connectivity index (χ1v) is 5.75. The summed E-state index contributed by atoms with van der Waals surface area (Å²) in [6.45, 7) is 0.174. The fourth-order valence-corrected chi connectivity index (χ4v) is 2.02. The van der Waals surface area contributed by atoms with E-state index in [0.29, 0.717) is 11.6 Å². The van der Waals surface area contributed by atoms with Crippen LogP contribution in [0.2, 0.25) is 12.6 Å². The molecule has 0 bridgehead atoms. The summed E-state index contributed by atoms with van der Waals surface area (Å²) in [6.07, 6.45) is 3.67. The molecule has 17 heavy (non-hydrogen) atoms. The number of nitrogens with zero attached hydrogens (tertiary/aromatic N) is 3. The van der Waals surface area contributed by atoms with Gasteiger partial charge in [0.25, 0.3) is 6.71 Å². The van der Waals surface area contributed by atoms with Crippen LogP contribution >= 0.6 is 0 Å². The van der Waals surface area contributed by atoms with Crippen LogP contribution in [-0.2, 0) is 0 Å². The van der Waals surface area contributed by atoms with Crippen molar-refractivity contribution in [3.05, 3.63) is 23.9 Å². The zero-order valence-corrected chi connectivity index (χ0v) is 9.47. The van der Waals surface area contributed by atoms with Crippen molar-refractivity contribution >= 4 is 6.71 Å². The highest BCUT2D eigenvalue weighted by Crippen LogP contribution is 2.23. The molecule has 1 aromatic rings. The Morgan fingerprint density at radius 1 is 1.29 bits per heavy atom. The molecule has 2 rings (SSSR count). The maximum atomic E-state index is 8.80. The van der Waals surface area contributed by atoms with E-state index in [2.05, 4.69) is 11.0 Å². The molecule has 0 amide bonds. The molecule has 84 valence electrons. The third-order valence-corrected chi connectivity index (χ3v) is 2.98. The average Bonchev–Trinajstić information content (AvgIpc) is 2.40. The SMILES string of the molecule is N#CB1CCC(Oc2cccc(C#N)n2)CC1. The molecule has 5 heteroatoms. The van der Waals surface area contributed by atoms with E-state index in [9.17, 15) is 0 Å². The molecule has 0 radical (unpaired) electrons. The van der Waals surface area contributed by atoms with Crippen molar-refractivity contribution in [2.45, 2.75) is 31.6 Å². The number of hydrogen-bond acceptors (Lipinski definition) is 4. The van der Waals surface area contributed by atoms with Gasteiger partial charge in [-0.3, -0.25) is 0 Å². The predicted molar refractivity (Wildman–Crippen MR) is 63.6 cm³/mol. The Bertz CT molecular complexity index is 469. The van der Waals surface area contributed by atoms with Crippen molar-refractivity contribution in [3.63, 3.8) is 0 Å². The molecule has 0 atom stereocenters. The minimum Gasteiger partial charge on any atom is -0.474 e. The molecule has 1 fully saturated rings. The summed E-state index contributed by atoms with van der Waals surface area (Å²) in [5.74, 6) is 2.80. The summed E-state index contributed by atoms with van der Waals surface area (Å²) in [5.41, 5.74) is 0.369. The summed E-state index contributed by atoms with van der Waals surface area (Å²) >= 11 is 0. The van der Waals surface area contributed by atoms with Gasteiger partial charge in [0.2, 0.25) is 5.88 Å². The van der Waals surface area contributed by atoms with Gasteiger partial charge < -0.3 is 4.74 Å². The minimum atomic E-state index is 0.126. The van der Waals surface area contributed by atoms with E-state index in [1.165, 1.54) is 0 Å². The molecule has 2 heterocycles. The maximum absolute atomic E-state index is 8.80. The first-order chi connectivity index (χ1) is 8.31. The lowest BCUT2D eigenvalue weighted by molar-refractivity contribution is 0.179. The van der Waals surface area contributed by atoms with Crippen LogP contribution in [0.25, 0.3) is 0 Å². The Morgan fingerprint density at radius 3 is 2.71 bits per heavy atom. The number of nitriles is 2. The van der Waals surface area contributed by atoms with Crippen LogP contribution in [0, 0.1) is 22.6 Å². The van der Waals surface area contributed by atoms with Gasteiger partial charge in [-0.15, -0.1) is 0 Å². The summed E-state index contributed by atoms with van der Waals surface area (Å²) in [6, 6.07) is 7.17. The standard InChI is InChI=1S/C12H12BN3O/c14-8-10-2-1-3-12(16-10)17-11-4-6-13(9-15)7-5-11/h1-3,11H,4-7H2. The third-order valence-electron chi connectivity index (χ3n) is 2.98. The van der Waals surface area contributed by atoms with Crippen molar-refractivity contribution in [1.82, 2.24) is 4.98 Å². The summed E-state index contributed by atoms with van der Waals surface area (Å²) in [7, 11) is 0. The largest absolute Gasteiger partial charge is 0.474 e. The molecule has 0 saturated carbocycles. The van der Waals surface area contributed by atoms with Gasteiger partial charge in [0.15, 0.2) is 0 Å². The fraction of sp³-hybridized carbons (Fsp3) is 0.417. The van der Waals surface area contributed by atoms with Crippen LogP contribution in [0.5, 0.6) is 5.88 Å². The van der Waals surface area contributed by atoms with Crippen LogP contribution in [0.1, 0.15) is 18.5 Å². The Morgan fingerprint density at radius 2 is 2.06 bits per heavy atom. The van der Waals surface area contributed by atoms with E-state index in [1.807, 2.05) is 6.07 Å². The average molecular weight is 225 g/mol. The molecule has 0 aromatic carbocycles. The smallest absolute Gasteiger partial charge is 0.268 e. The molecular formula is C12H12BN3O. The van der Waals surface area contributed by atoms with Gasteiger partial charge in [-0.2, -0.15) is 5.26 Å². The molecule has 1 aromatic heterocycles. The van der Waals surface area contributed by atoms with E-state index in [0.717, 1.165) is 25.5 Å². The van der Waals surface area contributed by atoms with Gasteiger partial charge in [0.05, 0.1) is 6.10 Å². The minimum absolute atomic E-state index is 0.126. The lowest BCUT2D eigenvalue weighted by Gasteiger charge is -2.23. The number of rotatable bonds is 2. The zero-order valence-electron chi connectivity index (χ0n) is 9.47. The molecule has 0 spiro atoms. The molecule has 1 aliphatic rings. The third kappa shape index (κ3) is 2.98. The van der Waals surface area contributed by atoms with Gasteiger partial charge in [0, 0.05) is 12.0 Å². The molecular weight excluding hydrogens is 213 g/mol. The zero-order chi connectivity index (χ0) is 12.1. The number of hydrogen-bond donors (Lipinski definition) is 0. The van der Waals surface area contributed by atoms with Gasteiger partial charge in [-0.1, -0.05) is 18.7 Å². The molecule has 0 unspecified atom stereocenters. The van der Waals surface area contributed by atoms with Crippen LogP contribution < -0.4 is 4.74 Å². The Balaban J connectivity index is 1.94. The number of aromatic nitrogens is 1. The van der Waals surface area contributed by atoms with Crippen molar-refractivity contribution in [2.75, 3.05) is 0 Å². The quantitative estimate of drug-likeness (QED) is 0.722. The van der Waals surface area contributed by atoms with E-state index >= 15 is 0 Å². The van der Waals surface area contributed by atoms with Crippen molar-refractivity contribution in [2.24, 2.45) is 0 Å². The monoisotopic (exact) mass is 225 g/mol. The summed E-state index contributed by atoms with van der Waals surface area (Å²) < 4.78 is 5.72. The second-order valence-electron chi connectivity index (χ2n) is 4.19. The van der Waals surface area contributed by atoms with E-state index in [-0.39, 0.29) is 12.8 Å². The molecule has 1 saturated heterocycles. The van der Waals surface area contributed by atoms with Gasteiger partial charge >= 0.3 is 0 Å². The Labute approximate surface area is 101 Å². The van der Waals surface area contributed by atoms with Gasteiger partial charge in [-0.05, 0) is 18.9 Å². The maximum Gasteiger partial charge on any atom is 0.268 e. The second-order valence-corrected chi connectivity index (χ2v) is 4.19. The predicted octanol–water partition coefficient (Wildman–Crippen LogP) is 2.05. The van der Waals surface area contributed by atoms with Crippen LogP contribution in [-0.4, -0.2) is 17.8 Å². The normalized spacial score (nSPS) is 16.0. The lowest BCUT2D eigenvalue weighted by Crippen LogP contribution is -2.27. The van der Waals surface area contributed by atoms with Gasteiger partial charge in [0.1, 0.15) is 11.8 Å². The topological polar surface area (TPSA) is 69.7 Å². The molecule has 0 aliphatic carbocycles. The van der Waals surface area contributed by atoms with E-state index < -0.39 is 0 Å². The first kappa shape index (κ1) is 11.5. The van der Waals surface area contributed by atoms with Crippen molar-refractivity contribution in [1.29, 1.82) is 10.5 Å². The lowest BCUT2D eigenvalue weighted by atomic mass is 9.42. The summed E-state index contributed by atoms with van der Waals surface area (Å²) in [4.78, 5) is 4.08. The van der Waals surface area contributed by atoms with Crippen LogP contribution in [0.4, 0.5) is 0 Å². The van der Waals surface area contributed by atoms with Crippen molar-refractivity contribution in [3.8, 4) is 17.9 Å². The van der Waals surface area contributed by atoms with Crippen LogP contribution in [0.3, 0.4) is 0 Å². The highest BCUT2D eigenvalue weighted by molar-refractivity contribution is 6.67. The van der Waals surface area contributed by atoms with Gasteiger partial charge in [-0.25, -0.2) is 10.2 Å². The Hall–Kier alpha value is -2.01. The van der Waals surface area contributed by atoms with E-state index in [1.54, 1.807) is 18.2 Å². The summed E-state index contributed by atoms with van der Waals surface area (Å²) in [5, 5.41) is 17.5. The highest BCUT2D eigenvalue weighted by Gasteiger charge is 2.25. The molecule has 0 N–H and O–H groups in total. The van der Waals surface area contributed by atoms with Crippen LogP contribution in [0.15, 0.2) is 18.2 Å². The Kier molecular flexibility index (Phi) is 3.62. The van der Waals surface area contributed by atoms with E-state index in [4.69, 9.17) is 15.3 Å².